The highest BCUT2D eigenvalue weighted by Gasteiger charge is 2.26. The first kappa shape index (κ1) is 24.9. The van der Waals surface area contributed by atoms with Crippen LogP contribution in [0, 0.1) is 18.3 Å². The van der Waals surface area contributed by atoms with Crippen LogP contribution in [0.5, 0.6) is 0 Å². The molecule has 3 aromatic carbocycles. The van der Waals surface area contributed by atoms with Crippen LogP contribution in [-0.2, 0) is 10.0 Å². The number of primary amides is 1. The third-order valence-corrected chi connectivity index (χ3v) is 7.89. The van der Waals surface area contributed by atoms with Crippen molar-refractivity contribution in [1.29, 1.82) is 5.26 Å². The monoisotopic (exact) mass is 502 g/mol. The van der Waals surface area contributed by atoms with Crippen molar-refractivity contribution >= 4 is 27.5 Å². The van der Waals surface area contributed by atoms with E-state index in [1.807, 2.05) is 24.3 Å². The molecule has 1 aliphatic rings. The molecule has 8 nitrogen and oxygen atoms in total. The molecule has 1 saturated heterocycles. The van der Waals surface area contributed by atoms with E-state index in [1.54, 1.807) is 24.0 Å². The molecule has 3 aromatic rings. The standard InChI is InChI=1S/C27H26N4O4S/c1-18-6-9-22(16-24(18)30-36(34,35)25-5-3-2-4-23(25)26(29)32)27(33)31-14-12-21(13-15-31)20-10-7-19(17-28)8-11-20/h2-11,16,21,30H,12-15H2,1H3,(H2,29,32). The Hall–Kier alpha value is -4.16. The summed E-state index contributed by atoms with van der Waals surface area (Å²) in [5.41, 5.74) is 8.27. The zero-order valence-electron chi connectivity index (χ0n) is 19.8. The summed E-state index contributed by atoms with van der Waals surface area (Å²) in [4.78, 5) is 26.5. The second-order valence-corrected chi connectivity index (χ2v) is 10.4. The number of nitriles is 1. The van der Waals surface area contributed by atoms with E-state index in [1.165, 1.54) is 30.3 Å². The highest BCUT2D eigenvalue weighted by molar-refractivity contribution is 7.92. The van der Waals surface area contributed by atoms with Gasteiger partial charge in [0, 0.05) is 18.7 Å². The quantitative estimate of drug-likeness (QED) is 0.529. The molecule has 0 saturated carbocycles. The second kappa shape index (κ2) is 10.2. The van der Waals surface area contributed by atoms with Gasteiger partial charge < -0.3 is 10.6 Å². The highest BCUT2D eigenvalue weighted by Crippen LogP contribution is 2.30. The molecule has 2 amide bonds. The minimum Gasteiger partial charge on any atom is -0.366 e. The average molecular weight is 503 g/mol. The first-order valence-corrected chi connectivity index (χ1v) is 13.0. The Morgan fingerprint density at radius 2 is 1.69 bits per heavy atom. The summed E-state index contributed by atoms with van der Waals surface area (Å²) in [6.07, 6.45) is 1.60. The molecule has 0 radical (unpaired) electrons. The summed E-state index contributed by atoms with van der Waals surface area (Å²) in [5, 5.41) is 8.98. The molecular weight excluding hydrogens is 476 g/mol. The van der Waals surface area contributed by atoms with Gasteiger partial charge in [-0.25, -0.2) is 8.42 Å². The van der Waals surface area contributed by atoms with Crippen LogP contribution < -0.4 is 10.5 Å². The van der Waals surface area contributed by atoms with E-state index in [2.05, 4.69) is 10.8 Å². The summed E-state index contributed by atoms with van der Waals surface area (Å²) in [6, 6.07) is 20.3. The number of benzene rings is 3. The van der Waals surface area contributed by atoms with Gasteiger partial charge in [-0.05, 0) is 73.2 Å². The van der Waals surface area contributed by atoms with Crippen molar-refractivity contribution in [2.75, 3.05) is 17.8 Å². The van der Waals surface area contributed by atoms with Gasteiger partial charge in [0.25, 0.3) is 15.9 Å². The number of carbonyl (C=O) groups excluding carboxylic acids is 2. The van der Waals surface area contributed by atoms with Crippen molar-refractivity contribution in [1.82, 2.24) is 4.90 Å². The molecule has 0 aliphatic carbocycles. The number of rotatable bonds is 6. The van der Waals surface area contributed by atoms with E-state index in [4.69, 9.17) is 11.0 Å². The number of likely N-dealkylation sites (tertiary alicyclic amines) is 1. The summed E-state index contributed by atoms with van der Waals surface area (Å²) in [5.74, 6) is -0.709. The molecule has 9 heteroatoms. The first-order chi connectivity index (χ1) is 17.2. The molecule has 184 valence electrons. The zero-order chi connectivity index (χ0) is 25.9. The molecule has 0 unspecified atom stereocenters. The van der Waals surface area contributed by atoms with Gasteiger partial charge in [0.1, 0.15) is 4.90 Å². The fourth-order valence-corrected chi connectivity index (χ4v) is 5.73. The van der Waals surface area contributed by atoms with Gasteiger partial charge >= 0.3 is 0 Å². The summed E-state index contributed by atoms with van der Waals surface area (Å²) in [7, 11) is -4.12. The smallest absolute Gasteiger partial charge is 0.262 e. The van der Waals surface area contributed by atoms with Crippen molar-refractivity contribution in [2.24, 2.45) is 5.73 Å². The van der Waals surface area contributed by atoms with E-state index in [0.29, 0.717) is 35.7 Å². The van der Waals surface area contributed by atoms with E-state index in [9.17, 15) is 18.0 Å². The largest absolute Gasteiger partial charge is 0.366 e. The maximum atomic E-state index is 13.2. The number of sulfonamides is 1. The minimum atomic E-state index is -4.12. The number of aryl methyl sites for hydroxylation is 1. The van der Waals surface area contributed by atoms with Crippen LogP contribution in [0.25, 0.3) is 0 Å². The van der Waals surface area contributed by atoms with Gasteiger partial charge in [-0.15, -0.1) is 0 Å². The van der Waals surface area contributed by atoms with Crippen LogP contribution in [0.15, 0.2) is 71.6 Å². The Morgan fingerprint density at radius 1 is 1.03 bits per heavy atom. The molecular formula is C27H26N4O4S. The average Bonchev–Trinajstić information content (AvgIpc) is 2.89. The number of nitrogens with two attached hydrogens (primary N) is 1. The summed E-state index contributed by atoms with van der Waals surface area (Å²) in [6.45, 7) is 2.88. The van der Waals surface area contributed by atoms with E-state index < -0.39 is 15.9 Å². The Kier molecular flexibility index (Phi) is 7.08. The Labute approximate surface area is 210 Å². The van der Waals surface area contributed by atoms with Crippen LogP contribution in [0.2, 0.25) is 0 Å². The van der Waals surface area contributed by atoms with E-state index in [0.717, 1.165) is 18.4 Å². The Balaban J connectivity index is 1.49. The molecule has 1 fully saturated rings. The molecule has 0 atom stereocenters. The number of piperidine rings is 1. The Bertz CT molecular complexity index is 1450. The normalized spacial score (nSPS) is 14.2. The van der Waals surface area contributed by atoms with Gasteiger partial charge in [0.05, 0.1) is 22.9 Å². The van der Waals surface area contributed by atoms with Gasteiger partial charge in [0.2, 0.25) is 5.91 Å². The van der Waals surface area contributed by atoms with Gasteiger partial charge in [-0.1, -0.05) is 30.3 Å². The number of anilines is 1. The predicted octanol–water partition coefficient (Wildman–Crippen LogP) is 3.79. The van der Waals surface area contributed by atoms with Crippen molar-refractivity contribution in [3.63, 3.8) is 0 Å². The molecule has 3 N–H and O–H groups in total. The maximum absolute atomic E-state index is 13.2. The number of hydrogen-bond acceptors (Lipinski definition) is 5. The van der Waals surface area contributed by atoms with Crippen LogP contribution >= 0.6 is 0 Å². The number of carbonyl (C=O) groups is 2. The van der Waals surface area contributed by atoms with E-state index in [-0.39, 0.29) is 22.1 Å². The lowest BCUT2D eigenvalue weighted by molar-refractivity contribution is 0.0713. The number of hydrogen-bond donors (Lipinski definition) is 2. The molecule has 1 aliphatic heterocycles. The Morgan fingerprint density at radius 3 is 2.33 bits per heavy atom. The van der Waals surface area contributed by atoms with Crippen molar-refractivity contribution in [2.45, 2.75) is 30.6 Å². The third-order valence-electron chi connectivity index (χ3n) is 6.46. The third kappa shape index (κ3) is 5.24. The lowest BCUT2D eigenvalue weighted by atomic mass is 9.89. The topological polar surface area (TPSA) is 133 Å². The van der Waals surface area contributed by atoms with Crippen LogP contribution in [0.4, 0.5) is 5.69 Å². The second-order valence-electron chi connectivity index (χ2n) is 8.80. The first-order valence-electron chi connectivity index (χ1n) is 11.5. The highest BCUT2D eigenvalue weighted by atomic mass is 32.2. The van der Waals surface area contributed by atoms with E-state index >= 15 is 0 Å². The molecule has 0 aromatic heterocycles. The van der Waals surface area contributed by atoms with Gasteiger partial charge in [0.15, 0.2) is 0 Å². The number of nitrogens with one attached hydrogen (secondary N) is 1. The van der Waals surface area contributed by atoms with Crippen molar-refractivity contribution in [3.05, 3.63) is 94.5 Å². The fraction of sp³-hybridized carbons (Fsp3) is 0.222. The number of nitrogens with zero attached hydrogens (tertiary/aromatic N) is 2. The molecule has 36 heavy (non-hydrogen) atoms. The van der Waals surface area contributed by atoms with Crippen molar-refractivity contribution in [3.8, 4) is 6.07 Å². The zero-order valence-corrected chi connectivity index (χ0v) is 20.6. The summed E-state index contributed by atoms with van der Waals surface area (Å²) < 4.78 is 28.6. The van der Waals surface area contributed by atoms with Gasteiger partial charge in [-0.2, -0.15) is 5.26 Å². The van der Waals surface area contributed by atoms with Gasteiger partial charge in [-0.3, -0.25) is 14.3 Å². The fourth-order valence-electron chi connectivity index (χ4n) is 4.40. The molecule has 1 heterocycles. The van der Waals surface area contributed by atoms with Crippen molar-refractivity contribution < 1.29 is 18.0 Å². The summed E-state index contributed by atoms with van der Waals surface area (Å²) >= 11 is 0. The number of amides is 2. The van der Waals surface area contributed by atoms with Crippen LogP contribution in [-0.4, -0.2) is 38.2 Å². The minimum absolute atomic E-state index is 0.111. The van der Waals surface area contributed by atoms with Crippen LogP contribution in [0.3, 0.4) is 0 Å². The maximum Gasteiger partial charge on any atom is 0.262 e. The lowest BCUT2D eigenvalue weighted by Crippen LogP contribution is -2.38. The molecule has 0 bridgehead atoms. The molecule has 0 spiro atoms. The lowest BCUT2D eigenvalue weighted by Gasteiger charge is -2.32. The van der Waals surface area contributed by atoms with Crippen LogP contribution in [0.1, 0.15) is 56.2 Å². The SMILES string of the molecule is Cc1ccc(C(=O)N2CCC(c3ccc(C#N)cc3)CC2)cc1NS(=O)(=O)c1ccccc1C(N)=O. The molecule has 4 rings (SSSR count). The predicted molar refractivity (Wildman–Crippen MR) is 136 cm³/mol.